The highest BCUT2D eigenvalue weighted by molar-refractivity contribution is 5.85. The number of hydrogen-bond donors (Lipinski definition) is 2. The molecular weight excluding hydrogens is 474 g/mol. The molecule has 0 saturated heterocycles. The quantitative estimate of drug-likeness (QED) is 0.212. The van der Waals surface area contributed by atoms with Crippen molar-refractivity contribution < 1.29 is 34.1 Å². The predicted octanol–water partition coefficient (Wildman–Crippen LogP) is 3.62. The van der Waals surface area contributed by atoms with E-state index in [9.17, 15) is 34.6 Å². The summed E-state index contributed by atoms with van der Waals surface area (Å²) in [6.45, 7) is 2.96. The number of nitrogens with one attached hydrogen (secondary N) is 1. The van der Waals surface area contributed by atoms with E-state index >= 15 is 0 Å². The number of benzene rings is 1. The first kappa shape index (κ1) is 37.0. The minimum absolute atomic E-state index is 0. The fourth-order valence-electron chi connectivity index (χ4n) is 3.02. The van der Waals surface area contributed by atoms with Gasteiger partial charge in [-0.2, -0.15) is 0 Å². The van der Waals surface area contributed by atoms with Gasteiger partial charge >= 0.3 is 11.9 Å². The van der Waals surface area contributed by atoms with E-state index in [2.05, 4.69) is 5.32 Å². The third-order valence-corrected chi connectivity index (χ3v) is 5.11. The van der Waals surface area contributed by atoms with Crippen molar-refractivity contribution in [3.8, 4) is 0 Å². The fraction of sp³-hybridized carbons (Fsp3) is 0.625. The molecule has 0 aliphatic rings. The van der Waals surface area contributed by atoms with Crippen LogP contribution in [0.25, 0.3) is 0 Å². The number of carbonyl (C=O) groups excluding carboxylic acids is 2. The lowest BCUT2D eigenvalue weighted by atomic mass is 9.99. The topological polar surface area (TPSA) is 179 Å². The van der Waals surface area contributed by atoms with E-state index in [1.165, 1.54) is 7.11 Å². The molecule has 1 aromatic carbocycles. The van der Waals surface area contributed by atoms with Gasteiger partial charge in [-0.05, 0) is 18.4 Å². The molecule has 12 heteroatoms. The van der Waals surface area contributed by atoms with E-state index in [0.29, 0.717) is 19.3 Å². The summed E-state index contributed by atoms with van der Waals surface area (Å²) >= 11 is 0. The summed E-state index contributed by atoms with van der Waals surface area (Å²) in [4.78, 5) is 53.8. The van der Waals surface area contributed by atoms with Crippen LogP contribution in [0, 0.1) is 32.1 Å². The maximum atomic E-state index is 12.3. The second-order valence-electron chi connectivity index (χ2n) is 7.51. The third kappa shape index (κ3) is 16.1. The van der Waals surface area contributed by atoms with Crippen LogP contribution in [0.3, 0.4) is 0 Å². The molecule has 1 rings (SSSR count). The van der Waals surface area contributed by atoms with Gasteiger partial charge in [0.2, 0.25) is 19.0 Å². The Kier molecular flexibility index (Phi) is 21.3. The molecule has 0 aliphatic heterocycles. The largest absolute Gasteiger partial charge is 0.481 e. The first-order valence-electron chi connectivity index (χ1n) is 10.9. The molecule has 0 spiro atoms. The molecule has 1 amide bonds. The summed E-state index contributed by atoms with van der Waals surface area (Å²) in [7, 11) is 1.26. The molecule has 12 nitrogen and oxygen atoms in total. The van der Waals surface area contributed by atoms with Gasteiger partial charge in [-0.25, -0.2) is 4.79 Å². The third-order valence-electron chi connectivity index (χ3n) is 5.11. The van der Waals surface area contributed by atoms with Crippen LogP contribution >= 0.6 is 0 Å². The number of nitrogens with zero attached hydrogens (tertiary/aromatic N) is 2. The maximum absolute atomic E-state index is 12.3. The number of methoxy groups -OCH3 is 1. The Hall–Kier alpha value is -3.57. The molecule has 0 aromatic heterocycles. The molecule has 0 heterocycles. The number of hydrogen-bond acceptors (Lipinski definition) is 8. The second-order valence-corrected chi connectivity index (χ2v) is 7.51. The molecule has 2 N–H and O–H groups in total. The number of nitro groups is 2. The fourth-order valence-corrected chi connectivity index (χ4v) is 3.02. The molecule has 0 radical (unpaired) electrons. The lowest BCUT2D eigenvalue weighted by Gasteiger charge is -2.20. The van der Waals surface area contributed by atoms with Crippen LogP contribution in [0.15, 0.2) is 30.3 Å². The minimum Gasteiger partial charge on any atom is -0.481 e. The van der Waals surface area contributed by atoms with E-state index in [4.69, 9.17) is 9.84 Å². The second kappa shape index (κ2) is 20.8. The number of carboxylic acids is 1. The molecule has 36 heavy (non-hydrogen) atoms. The number of aliphatic carboxylic acids is 1. The molecule has 0 fully saturated rings. The molecule has 0 bridgehead atoms. The predicted molar refractivity (Wildman–Crippen MR) is 136 cm³/mol. The Morgan fingerprint density at radius 3 is 1.81 bits per heavy atom. The van der Waals surface area contributed by atoms with E-state index in [1.807, 2.05) is 30.3 Å². The molecular formula is C24H41N3O9. The number of carboxylic acid groups (broad SMARTS) is 1. The first-order valence-corrected chi connectivity index (χ1v) is 10.9. The maximum Gasteiger partial charge on any atom is 0.328 e. The Balaban J connectivity index is -0.000000716. The zero-order chi connectivity index (χ0) is 26.1. The average molecular weight is 516 g/mol. The van der Waals surface area contributed by atoms with E-state index < -0.39 is 39.7 Å². The smallest absolute Gasteiger partial charge is 0.328 e. The SMILES string of the molecule is C.C.CC[C@H](CC[N+](=O)[O-])C(=O)N[C@@H](Cc1ccccc1)C(=O)OC.CC[C@H](CC[N+](=O)[O-])C(=O)O. The Morgan fingerprint density at radius 1 is 0.944 bits per heavy atom. The van der Waals surface area contributed by atoms with Crippen LogP contribution in [-0.2, 0) is 25.5 Å². The first-order chi connectivity index (χ1) is 16.0. The summed E-state index contributed by atoms with van der Waals surface area (Å²) in [6.07, 6.45) is 1.50. The van der Waals surface area contributed by atoms with Crippen molar-refractivity contribution >= 4 is 17.8 Å². The Bertz CT molecular complexity index is 803. The molecule has 3 atom stereocenters. The Morgan fingerprint density at radius 2 is 1.42 bits per heavy atom. The van der Waals surface area contributed by atoms with Crippen LogP contribution in [0.5, 0.6) is 0 Å². The summed E-state index contributed by atoms with van der Waals surface area (Å²) in [5, 5.41) is 31.4. The van der Waals surface area contributed by atoms with Gasteiger partial charge in [0.15, 0.2) is 0 Å². The van der Waals surface area contributed by atoms with Crippen molar-refractivity contribution in [1.29, 1.82) is 0 Å². The summed E-state index contributed by atoms with van der Waals surface area (Å²) < 4.78 is 4.74. The van der Waals surface area contributed by atoms with Crippen molar-refractivity contribution in [3.63, 3.8) is 0 Å². The van der Waals surface area contributed by atoms with Gasteiger partial charge in [0.1, 0.15) is 6.04 Å². The van der Waals surface area contributed by atoms with Gasteiger partial charge in [-0.3, -0.25) is 29.8 Å². The van der Waals surface area contributed by atoms with Crippen molar-refractivity contribution in [2.24, 2.45) is 11.8 Å². The number of amides is 1. The van der Waals surface area contributed by atoms with Crippen LogP contribution in [0.4, 0.5) is 0 Å². The van der Waals surface area contributed by atoms with Gasteiger partial charge < -0.3 is 15.2 Å². The summed E-state index contributed by atoms with van der Waals surface area (Å²) in [5.74, 6) is -2.91. The van der Waals surface area contributed by atoms with Gasteiger partial charge in [-0.15, -0.1) is 0 Å². The van der Waals surface area contributed by atoms with Gasteiger partial charge in [0, 0.05) is 35.0 Å². The van der Waals surface area contributed by atoms with Crippen molar-refractivity contribution in [2.75, 3.05) is 20.2 Å². The molecule has 0 aliphatic carbocycles. The standard InChI is InChI=1S/C16H22N2O5.C6H11NO4.2CH4/c1-3-13(9-10-18(21)22)15(19)17-14(16(20)23-2)11-12-7-5-4-6-8-12;1-2-5(6(8)9)3-4-7(10)11;;/h4-8,13-14H,3,9-11H2,1-2H3,(H,17,19);5H,2-4H2,1H3,(H,8,9);2*1H4/t13-,14+;5-;;/m11../s1. The number of ether oxygens (including phenoxy) is 1. The highest BCUT2D eigenvalue weighted by Gasteiger charge is 2.26. The van der Waals surface area contributed by atoms with Gasteiger partial charge in [0.25, 0.3) is 0 Å². The minimum atomic E-state index is -0.950. The van der Waals surface area contributed by atoms with Crippen LogP contribution in [0.2, 0.25) is 0 Å². The average Bonchev–Trinajstić information content (AvgIpc) is 2.79. The van der Waals surface area contributed by atoms with Crippen LogP contribution in [0.1, 0.15) is 59.9 Å². The number of rotatable bonds is 14. The van der Waals surface area contributed by atoms with Gasteiger partial charge in [0.05, 0.1) is 13.0 Å². The van der Waals surface area contributed by atoms with Crippen molar-refractivity contribution in [1.82, 2.24) is 5.32 Å². The monoisotopic (exact) mass is 515 g/mol. The van der Waals surface area contributed by atoms with E-state index in [-0.39, 0.29) is 46.7 Å². The molecule has 1 aromatic rings. The highest BCUT2D eigenvalue weighted by atomic mass is 16.6. The number of esters is 1. The summed E-state index contributed by atoms with van der Waals surface area (Å²) in [6, 6.07) is 8.45. The molecule has 0 unspecified atom stereocenters. The Labute approximate surface area is 212 Å². The lowest BCUT2D eigenvalue weighted by molar-refractivity contribution is -0.481. The molecule has 0 saturated carbocycles. The molecule has 206 valence electrons. The lowest BCUT2D eigenvalue weighted by Crippen LogP contribution is -2.45. The van der Waals surface area contributed by atoms with Crippen LogP contribution < -0.4 is 5.32 Å². The highest BCUT2D eigenvalue weighted by Crippen LogP contribution is 2.11. The normalized spacial score (nSPS) is 12.1. The van der Waals surface area contributed by atoms with E-state index in [1.54, 1.807) is 13.8 Å². The number of carbonyl (C=O) groups is 3. The van der Waals surface area contributed by atoms with Gasteiger partial charge in [-0.1, -0.05) is 59.0 Å². The zero-order valence-electron chi connectivity index (χ0n) is 19.7. The van der Waals surface area contributed by atoms with Crippen molar-refractivity contribution in [2.45, 2.75) is 66.8 Å². The van der Waals surface area contributed by atoms with E-state index in [0.717, 1.165) is 5.56 Å². The zero-order valence-corrected chi connectivity index (χ0v) is 19.7. The van der Waals surface area contributed by atoms with Crippen molar-refractivity contribution in [3.05, 3.63) is 56.1 Å². The summed E-state index contributed by atoms with van der Waals surface area (Å²) in [5.41, 5.74) is 0.890. The van der Waals surface area contributed by atoms with Crippen LogP contribution in [-0.4, -0.2) is 59.0 Å².